The molecule has 1 aliphatic heterocycles. The number of nitrogens with one attached hydrogen (secondary N) is 2. The Hall–Kier alpha value is -3.60. The fraction of sp³-hybridized carbons (Fsp3) is 0.562. The van der Waals surface area contributed by atoms with Gasteiger partial charge >= 0.3 is 0 Å². The monoisotopic (exact) mass is 597 g/mol. The lowest BCUT2D eigenvalue weighted by Crippen LogP contribution is -2.56. The highest BCUT2D eigenvalue weighted by Gasteiger charge is 2.53. The van der Waals surface area contributed by atoms with Crippen molar-refractivity contribution in [3.05, 3.63) is 59.2 Å². The molecule has 1 spiro atoms. The predicted molar refractivity (Wildman–Crippen MR) is 164 cm³/mol. The summed E-state index contributed by atoms with van der Waals surface area (Å²) in [5.41, 5.74) is 7.92. The molecule has 1 heterocycles. The fourth-order valence-electron chi connectivity index (χ4n) is 6.68. The molecule has 11 heteroatoms. The first-order chi connectivity index (χ1) is 20.4. The smallest absolute Gasteiger partial charge is 0.274 e. The molecule has 1 fully saturated rings. The van der Waals surface area contributed by atoms with E-state index in [1.807, 2.05) is 17.1 Å². The zero-order valence-electron chi connectivity index (χ0n) is 25.6. The lowest BCUT2D eigenvalue weighted by atomic mass is 9.69. The number of hydrogen-bond acceptors (Lipinski definition) is 6. The maximum absolute atomic E-state index is 14.3. The first kappa shape index (κ1) is 32.3. The zero-order valence-corrected chi connectivity index (χ0v) is 25.6. The van der Waals surface area contributed by atoms with Crippen LogP contribution in [0.15, 0.2) is 52.1 Å². The summed E-state index contributed by atoms with van der Waals surface area (Å²) in [6, 6.07) is 2.98. The van der Waals surface area contributed by atoms with Crippen LogP contribution in [0.1, 0.15) is 84.6 Å². The second-order valence-electron chi connectivity index (χ2n) is 13.0. The molecular formula is C32H45F2N7O2. The second-order valence-corrected chi connectivity index (χ2v) is 13.0. The molecule has 9 nitrogen and oxygen atoms in total. The van der Waals surface area contributed by atoms with Crippen LogP contribution in [0.25, 0.3) is 0 Å². The van der Waals surface area contributed by atoms with E-state index < -0.39 is 17.3 Å². The van der Waals surface area contributed by atoms with Crippen LogP contribution >= 0.6 is 0 Å². The Balaban J connectivity index is 1.64. The highest BCUT2D eigenvalue weighted by atomic mass is 19.1. The van der Waals surface area contributed by atoms with Crippen LogP contribution in [0, 0.1) is 28.9 Å². The van der Waals surface area contributed by atoms with E-state index in [9.17, 15) is 18.4 Å². The zero-order chi connectivity index (χ0) is 31.4. The van der Waals surface area contributed by atoms with E-state index >= 15 is 0 Å². The van der Waals surface area contributed by atoms with Crippen LogP contribution in [0.2, 0.25) is 0 Å². The van der Waals surface area contributed by atoms with Gasteiger partial charge in [0.05, 0.1) is 6.54 Å². The number of nitrogens with zero attached hydrogens (tertiary/aromatic N) is 3. The Kier molecular flexibility index (Phi) is 10.0. The van der Waals surface area contributed by atoms with Gasteiger partial charge in [-0.25, -0.2) is 20.2 Å². The van der Waals surface area contributed by atoms with Crippen LogP contribution < -0.4 is 22.4 Å². The number of amidine groups is 1. The summed E-state index contributed by atoms with van der Waals surface area (Å²) >= 11 is 0. The summed E-state index contributed by atoms with van der Waals surface area (Å²) in [4.78, 5) is 34.0. The third-order valence-electron chi connectivity index (χ3n) is 9.05. The topological polar surface area (TPSA) is 138 Å². The van der Waals surface area contributed by atoms with Crippen LogP contribution in [0.5, 0.6) is 0 Å². The molecule has 4 rings (SSSR count). The average Bonchev–Trinajstić information content (AvgIpc) is 3.23. The maximum Gasteiger partial charge on any atom is 0.274 e. The number of aliphatic imine (C=N–C) groups is 1. The van der Waals surface area contributed by atoms with E-state index in [-0.39, 0.29) is 52.8 Å². The summed E-state index contributed by atoms with van der Waals surface area (Å²) in [7, 11) is 0. The third kappa shape index (κ3) is 7.31. The van der Waals surface area contributed by atoms with E-state index in [4.69, 9.17) is 16.6 Å². The van der Waals surface area contributed by atoms with Crippen molar-refractivity contribution in [2.75, 3.05) is 6.54 Å². The summed E-state index contributed by atoms with van der Waals surface area (Å²) in [6.07, 6.45) is 12.0. The van der Waals surface area contributed by atoms with Gasteiger partial charge in [0.25, 0.3) is 11.8 Å². The summed E-state index contributed by atoms with van der Waals surface area (Å²) in [6.45, 7) is 8.87. The van der Waals surface area contributed by atoms with Crippen molar-refractivity contribution >= 4 is 23.4 Å². The van der Waals surface area contributed by atoms with E-state index in [0.717, 1.165) is 38.2 Å². The Morgan fingerprint density at radius 1 is 1.21 bits per heavy atom. The van der Waals surface area contributed by atoms with Gasteiger partial charge in [0, 0.05) is 29.2 Å². The van der Waals surface area contributed by atoms with Crippen molar-refractivity contribution < 1.29 is 18.4 Å². The van der Waals surface area contributed by atoms with Crippen molar-refractivity contribution in [2.45, 2.75) is 90.8 Å². The molecule has 3 aliphatic rings. The molecule has 234 valence electrons. The van der Waals surface area contributed by atoms with Crippen molar-refractivity contribution in [1.29, 1.82) is 0 Å². The molecule has 2 amide bonds. The van der Waals surface area contributed by atoms with Gasteiger partial charge in [0.2, 0.25) is 0 Å². The number of carbonyl (C=O) groups is 2. The number of allylic oxidation sites excluding steroid dienone is 1. The molecule has 1 aromatic carbocycles. The number of hydrazone groups is 1. The Bertz CT molecular complexity index is 1300. The number of benzene rings is 1. The van der Waals surface area contributed by atoms with Gasteiger partial charge in [0.1, 0.15) is 28.8 Å². The third-order valence-corrected chi connectivity index (χ3v) is 9.05. The summed E-state index contributed by atoms with van der Waals surface area (Å²) in [5, 5.41) is 6.35. The molecule has 6 N–H and O–H groups in total. The normalized spacial score (nSPS) is 25.0. The molecule has 2 aliphatic carbocycles. The van der Waals surface area contributed by atoms with Crippen molar-refractivity contribution in [2.24, 2.45) is 38.9 Å². The molecular weight excluding hydrogens is 552 g/mol. The Morgan fingerprint density at radius 2 is 1.88 bits per heavy atom. The van der Waals surface area contributed by atoms with Gasteiger partial charge in [-0.05, 0) is 62.0 Å². The quantitative estimate of drug-likeness (QED) is 0.137. The van der Waals surface area contributed by atoms with Crippen molar-refractivity contribution in [3.63, 3.8) is 0 Å². The molecule has 0 bridgehead atoms. The lowest BCUT2D eigenvalue weighted by molar-refractivity contribution is -0.135. The number of hydrogen-bond donors (Lipinski definition) is 4. The highest BCUT2D eigenvalue weighted by Crippen LogP contribution is 2.49. The van der Waals surface area contributed by atoms with E-state index in [2.05, 4.69) is 43.6 Å². The molecule has 43 heavy (non-hydrogen) atoms. The molecule has 1 saturated carbocycles. The number of amides is 2. The molecule has 1 unspecified atom stereocenters. The summed E-state index contributed by atoms with van der Waals surface area (Å²) in [5.74, 6) is 3.63. The number of unbranched alkanes of at least 4 members (excludes halogenated alkanes) is 1. The number of rotatable bonds is 10. The van der Waals surface area contributed by atoms with Crippen molar-refractivity contribution in [3.8, 4) is 0 Å². The molecule has 1 aromatic rings. The standard InChI is InChI=1S/C32H45F2N7O2/c1-5-6-7-26(20-8-10-21(11-9-20)29(42)37-19-27(35)39-40-36)41-30(43)28(22-16-24(33)18-25(34)17-22)38-32(41)14-12-23(13-15-32)31(2,3)4/h8,10-11,16-18,20,23,26,40H,5-7,9,12-15,19,36H2,1-4H3,(H2,35,39)(H,37,42)/t20?,23?,26-,32?/m1/s1. The van der Waals surface area contributed by atoms with E-state index in [1.165, 1.54) is 12.1 Å². The van der Waals surface area contributed by atoms with Gasteiger partial charge in [-0.3, -0.25) is 14.6 Å². The lowest BCUT2D eigenvalue weighted by Gasteiger charge is -2.49. The van der Waals surface area contributed by atoms with Gasteiger partial charge < -0.3 is 16.0 Å². The molecule has 0 saturated heterocycles. The fourth-order valence-corrected chi connectivity index (χ4v) is 6.68. The molecule has 0 radical (unpaired) electrons. The number of hydrazine groups is 1. The Morgan fingerprint density at radius 3 is 2.44 bits per heavy atom. The number of nitrogens with two attached hydrogens (primary N) is 2. The first-order valence-corrected chi connectivity index (χ1v) is 15.2. The highest BCUT2D eigenvalue weighted by molar-refractivity contribution is 6.46. The molecule has 2 atom stereocenters. The van der Waals surface area contributed by atoms with E-state index in [1.54, 1.807) is 6.08 Å². The number of halogens is 2. The molecule has 0 aromatic heterocycles. The summed E-state index contributed by atoms with van der Waals surface area (Å²) < 4.78 is 28.6. The van der Waals surface area contributed by atoms with Crippen LogP contribution in [0.3, 0.4) is 0 Å². The maximum atomic E-state index is 14.3. The minimum atomic E-state index is -0.779. The van der Waals surface area contributed by atoms with E-state index in [0.29, 0.717) is 30.8 Å². The second kappa shape index (κ2) is 13.4. The SMILES string of the molecule is CCCC[C@H](C1C=CC(C(=O)NC/C(N)=N/NN)=CC1)N1C(=O)C(c2cc(F)cc(F)c2)=NC12CCC(C(C)(C)C)CC2. The largest absolute Gasteiger partial charge is 0.384 e. The van der Waals surface area contributed by atoms with Crippen LogP contribution in [-0.4, -0.2) is 46.5 Å². The van der Waals surface area contributed by atoms with Gasteiger partial charge in [-0.2, -0.15) is 5.10 Å². The first-order valence-electron chi connectivity index (χ1n) is 15.2. The average molecular weight is 598 g/mol. The van der Waals surface area contributed by atoms with Gasteiger partial charge in [0.15, 0.2) is 0 Å². The minimum Gasteiger partial charge on any atom is -0.384 e. The minimum absolute atomic E-state index is 0.0396. The van der Waals surface area contributed by atoms with Gasteiger partial charge in [-0.1, -0.05) is 58.8 Å². The van der Waals surface area contributed by atoms with Crippen LogP contribution in [0.4, 0.5) is 8.78 Å². The predicted octanol–water partition coefficient (Wildman–Crippen LogP) is 4.44. The van der Waals surface area contributed by atoms with Gasteiger partial charge in [-0.15, -0.1) is 0 Å². The van der Waals surface area contributed by atoms with Crippen LogP contribution in [-0.2, 0) is 9.59 Å². The number of carbonyl (C=O) groups excluding carboxylic acids is 2. The Labute approximate surface area is 252 Å². The van der Waals surface area contributed by atoms with Crippen molar-refractivity contribution in [1.82, 2.24) is 15.8 Å².